The van der Waals surface area contributed by atoms with Crippen molar-refractivity contribution in [1.29, 1.82) is 0 Å². The van der Waals surface area contributed by atoms with E-state index in [9.17, 15) is 0 Å². The maximum absolute atomic E-state index is 2.58. The molecule has 0 aliphatic heterocycles. The van der Waals surface area contributed by atoms with Crippen LogP contribution in [-0.2, 0) is 16.2 Å². The number of anilines is 3. The van der Waals surface area contributed by atoms with E-state index >= 15 is 0 Å². The molecule has 10 aromatic carbocycles. The predicted molar refractivity (Wildman–Crippen MR) is 288 cm³/mol. The second-order valence-corrected chi connectivity index (χ2v) is 20.3. The van der Waals surface area contributed by atoms with E-state index in [1.54, 1.807) is 0 Å². The molecule has 0 saturated carbocycles. The van der Waals surface area contributed by atoms with Crippen molar-refractivity contribution in [2.75, 3.05) is 4.90 Å². The largest absolute Gasteiger partial charge is 0.310 e. The summed E-state index contributed by atoms with van der Waals surface area (Å²) in [5, 5.41) is 2.50. The SMILES string of the molecule is CC1(C)CCC(C)(C)c2c(-c3cc4c(cc3N(c3ccc(-c5ccccc5)cc3)c3ccc(-c5ccc6ccccc6c5)cc3)C(c3ccccc3)(c3ccccc3)c3ccccc3-4)cccc21. The van der Waals surface area contributed by atoms with Crippen LogP contribution < -0.4 is 4.90 Å². The molecule has 1 nitrogen and oxygen atoms in total. The second kappa shape index (κ2) is 16.2. The zero-order chi connectivity index (χ0) is 46.0. The third-order valence-electron chi connectivity index (χ3n) is 15.4. The van der Waals surface area contributed by atoms with Crippen LogP contribution in [0.1, 0.15) is 73.9 Å². The molecule has 2 aliphatic rings. The summed E-state index contributed by atoms with van der Waals surface area (Å²) in [5.74, 6) is 0. The summed E-state index contributed by atoms with van der Waals surface area (Å²) < 4.78 is 0. The highest BCUT2D eigenvalue weighted by atomic mass is 15.1. The van der Waals surface area contributed by atoms with Crippen molar-refractivity contribution >= 4 is 27.8 Å². The monoisotopic (exact) mass is 873 g/mol. The van der Waals surface area contributed by atoms with Gasteiger partial charge in [0.1, 0.15) is 0 Å². The molecule has 0 fully saturated rings. The van der Waals surface area contributed by atoms with E-state index in [1.807, 2.05) is 0 Å². The van der Waals surface area contributed by atoms with Crippen molar-refractivity contribution in [1.82, 2.24) is 0 Å². The van der Waals surface area contributed by atoms with Crippen molar-refractivity contribution in [3.63, 3.8) is 0 Å². The third-order valence-corrected chi connectivity index (χ3v) is 15.4. The molecule has 12 rings (SSSR count). The average Bonchev–Trinajstić information content (AvgIpc) is 3.68. The highest BCUT2D eigenvalue weighted by Crippen LogP contribution is 2.60. The Labute approximate surface area is 402 Å². The van der Waals surface area contributed by atoms with Gasteiger partial charge in [0.05, 0.1) is 11.1 Å². The van der Waals surface area contributed by atoms with E-state index < -0.39 is 5.41 Å². The molecule has 0 radical (unpaired) electrons. The Morgan fingerprint density at radius 3 is 1.49 bits per heavy atom. The van der Waals surface area contributed by atoms with Gasteiger partial charge >= 0.3 is 0 Å². The van der Waals surface area contributed by atoms with Crippen LogP contribution in [0.25, 0.3) is 55.3 Å². The smallest absolute Gasteiger partial charge is 0.0714 e. The summed E-state index contributed by atoms with van der Waals surface area (Å²) >= 11 is 0. The molecule has 68 heavy (non-hydrogen) atoms. The molecule has 0 N–H and O–H groups in total. The van der Waals surface area contributed by atoms with Gasteiger partial charge in [-0.25, -0.2) is 0 Å². The van der Waals surface area contributed by atoms with Gasteiger partial charge in [-0.3, -0.25) is 0 Å². The number of fused-ring (bicyclic) bond motifs is 5. The molecule has 0 saturated heterocycles. The molecule has 2 aliphatic carbocycles. The predicted octanol–water partition coefficient (Wildman–Crippen LogP) is 18.0. The fourth-order valence-corrected chi connectivity index (χ4v) is 11.9. The van der Waals surface area contributed by atoms with Crippen LogP contribution in [0.5, 0.6) is 0 Å². The number of hydrogen-bond acceptors (Lipinski definition) is 1. The summed E-state index contributed by atoms with van der Waals surface area (Å²) in [6.07, 6.45) is 2.28. The minimum Gasteiger partial charge on any atom is -0.310 e. The van der Waals surface area contributed by atoms with Crippen LogP contribution in [0.4, 0.5) is 17.1 Å². The minimum atomic E-state index is -0.568. The summed E-state index contributed by atoms with van der Waals surface area (Å²) in [6, 6.07) is 88.5. The molecule has 0 atom stereocenters. The maximum Gasteiger partial charge on any atom is 0.0714 e. The van der Waals surface area contributed by atoms with Crippen molar-refractivity contribution < 1.29 is 0 Å². The van der Waals surface area contributed by atoms with Crippen molar-refractivity contribution in [3.05, 3.63) is 270 Å². The van der Waals surface area contributed by atoms with E-state index in [4.69, 9.17) is 0 Å². The van der Waals surface area contributed by atoms with Gasteiger partial charge in [0.15, 0.2) is 0 Å². The standard InChI is InChI=1S/C67H55N/c1-65(2)41-42-66(3,4)64-57(28-18-30-61(64)65)59-44-58-56-27-16-17-29-60(56)67(52-23-10-6-11-24-52,53-25-12-7-13-26-53)62(58)45-63(59)68(54-37-33-48(34-38-54)46-19-8-5-9-20-46)55-39-35-49(36-40-55)51-32-31-47-21-14-15-22-50(47)43-51/h5-40,43-45H,41-42H2,1-4H3. The van der Waals surface area contributed by atoms with Crippen LogP contribution in [0.2, 0.25) is 0 Å². The van der Waals surface area contributed by atoms with Gasteiger partial charge in [0.2, 0.25) is 0 Å². The molecule has 0 aromatic heterocycles. The number of nitrogens with zero attached hydrogens (tertiary/aromatic N) is 1. The molecule has 0 amide bonds. The van der Waals surface area contributed by atoms with Crippen LogP contribution in [0.3, 0.4) is 0 Å². The Hall–Kier alpha value is -7.74. The summed E-state index contributed by atoms with van der Waals surface area (Å²) in [4.78, 5) is 2.54. The van der Waals surface area contributed by atoms with E-state index in [0.29, 0.717) is 0 Å². The summed E-state index contributed by atoms with van der Waals surface area (Å²) in [6.45, 7) is 9.82. The Balaban J connectivity index is 1.17. The highest BCUT2D eigenvalue weighted by Gasteiger charge is 2.47. The molecular weight excluding hydrogens is 819 g/mol. The molecule has 0 spiro atoms. The van der Waals surface area contributed by atoms with Crippen LogP contribution in [0.15, 0.2) is 237 Å². The molecule has 0 heterocycles. The first-order chi connectivity index (χ1) is 33.2. The zero-order valence-corrected chi connectivity index (χ0v) is 39.4. The van der Waals surface area contributed by atoms with Crippen molar-refractivity contribution in [3.8, 4) is 44.5 Å². The van der Waals surface area contributed by atoms with Gasteiger partial charge in [-0.15, -0.1) is 0 Å². The fraction of sp³-hybridized carbons (Fsp3) is 0.134. The first-order valence-corrected chi connectivity index (χ1v) is 24.3. The number of benzene rings is 10. The summed E-state index contributed by atoms with van der Waals surface area (Å²) in [5.41, 5.74) is 20.8. The van der Waals surface area contributed by atoms with E-state index in [-0.39, 0.29) is 10.8 Å². The molecular formula is C67H55N. The summed E-state index contributed by atoms with van der Waals surface area (Å²) in [7, 11) is 0. The Kier molecular flexibility index (Phi) is 9.96. The lowest BCUT2D eigenvalue weighted by atomic mass is 9.61. The molecule has 1 heteroatoms. The number of rotatable bonds is 8. The van der Waals surface area contributed by atoms with Gasteiger partial charge in [0.25, 0.3) is 0 Å². The lowest BCUT2D eigenvalue weighted by molar-refractivity contribution is 0.333. The second-order valence-electron chi connectivity index (χ2n) is 20.3. The van der Waals surface area contributed by atoms with Gasteiger partial charge < -0.3 is 4.90 Å². The van der Waals surface area contributed by atoms with Crippen molar-refractivity contribution in [2.45, 2.75) is 56.8 Å². The van der Waals surface area contributed by atoms with Gasteiger partial charge in [-0.1, -0.05) is 222 Å². The molecule has 328 valence electrons. The third kappa shape index (κ3) is 6.75. The van der Waals surface area contributed by atoms with Crippen LogP contribution in [-0.4, -0.2) is 0 Å². The van der Waals surface area contributed by atoms with Gasteiger partial charge in [0, 0.05) is 16.9 Å². The van der Waals surface area contributed by atoms with Gasteiger partial charge in [-0.05, 0) is 149 Å². The molecule has 0 unspecified atom stereocenters. The number of hydrogen-bond donors (Lipinski definition) is 0. The lowest BCUT2D eigenvalue weighted by Crippen LogP contribution is -2.34. The van der Waals surface area contributed by atoms with E-state index in [2.05, 4.69) is 269 Å². The minimum absolute atomic E-state index is 0.0306. The van der Waals surface area contributed by atoms with Crippen LogP contribution >= 0.6 is 0 Å². The quantitative estimate of drug-likeness (QED) is 0.147. The van der Waals surface area contributed by atoms with Crippen LogP contribution in [0, 0.1) is 0 Å². The highest BCUT2D eigenvalue weighted by molar-refractivity contribution is 5.98. The maximum atomic E-state index is 2.58. The Morgan fingerprint density at radius 1 is 0.324 bits per heavy atom. The van der Waals surface area contributed by atoms with Gasteiger partial charge in [-0.2, -0.15) is 0 Å². The average molecular weight is 874 g/mol. The lowest BCUT2D eigenvalue weighted by Gasteiger charge is -2.43. The molecule has 10 aromatic rings. The fourth-order valence-electron chi connectivity index (χ4n) is 11.9. The normalized spacial score (nSPS) is 15.0. The van der Waals surface area contributed by atoms with E-state index in [1.165, 1.54) is 88.7 Å². The topological polar surface area (TPSA) is 3.24 Å². The first kappa shape index (κ1) is 41.7. The Morgan fingerprint density at radius 2 is 0.824 bits per heavy atom. The van der Waals surface area contributed by atoms with Crippen molar-refractivity contribution in [2.24, 2.45) is 0 Å². The zero-order valence-electron chi connectivity index (χ0n) is 39.4. The molecule has 0 bridgehead atoms. The Bertz CT molecular complexity index is 3430. The van der Waals surface area contributed by atoms with E-state index in [0.717, 1.165) is 29.9 Å². The first-order valence-electron chi connectivity index (χ1n) is 24.3.